The number of rotatable bonds is 6. The molecule has 138 valence electrons. The van der Waals surface area contributed by atoms with Gasteiger partial charge in [-0.3, -0.25) is 0 Å². The number of aryl methyl sites for hydroxylation is 1. The predicted octanol–water partition coefficient (Wildman–Crippen LogP) is 5.02. The molecule has 0 unspecified atom stereocenters. The summed E-state index contributed by atoms with van der Waals surface area (Å²) in [5.41, 5.74) is 1.36. The first-order chi connectivity index (χ1) is 12.7. The number of thioether (sulfide) groups is 1. The maximum Gasteiger partial charge on any atom is 0.276 e. The van der Waals surface area contributed by atoms with Gasteiger partial charge in [-0.2, -0.15) is 0 Å². The molecule has 0 saturated heterocycles. The van der Waals surface area contributed by atoms with Gasteiger partial charge >= 0.3 is 0 Å². The van der Waals surface area contributed by atoms with Crippen LogP contribution >= 0.6 is 11.8 Å². The van der Waals surface area contributed by atoms with Crippen molar-refractivity contribution in [1.29, 1.82) is 0 Å². The van der Waals surface area contributed by atoms with Gasteiger partial charge in [0.15, 0.2) is 0 Å². The zero-order chi connectivity index (χ0) is 17.6. The van der Waals surface area contributed by atoms with Gasteiger partial charge < -0.3 is 9.15 Å². The molecular formula is C21H26N2O2S. The smallest absolute Gasteiger partial charge is 0.276 e. The van der Waals surface area contributed by atoms with Crippen LogP contribution in [0, 0.1) is 24.7 Å². The molecule has 2 aromatic rings. The monoisotopic (exact) mass is 370 g/mol. The van der Waals surface area contributed by atoms with E-state index in [0.29, 0.717) is 11.8 Å². The number of para-hydroxylation sites is 1. The molecule has 4 fully saturated rings. The standard InChI is InChI=1S/C21H26N2O2S/c1-14-4-2-3-5-18(14)24-6-7-26-20-23-22-19(25-20)21-11-15-8-16(12-21)10-17(9-15)13-21/h2-5,15-17H,6-13H2,1H3. The second-order valence-electron chi connectivity index (χ2n) is 8.53. The Morgan fingerprint density at radius 1 is 1.08 bits per heavy atom. The van der Waals surface area contributed by atoms with E-state index in [9.17, 15) is 0 Å². The van der Waals surface area contributed by atoms with E-state index in [1.807, 2.05) is 18.2 Å². The largest absolute Gasteiger partial charge is 0.492 e. The minimum absolute atomic E-state index is 0.193. The van der Waals surface area contributed by atoms with Crippen molar-refractivity contribution < 1.29 is 9.15 Å². The molecule has 6 rings (SSSR count). The quantitative estimate of drug-likeness (QED) is 0.528. The third-order valence-corrected chi connectivity index (χ3v) is 7.34. The SMILES string of the molecule is Cc1ccccc1OCCSc1nnc(C23CC4CC(CC(C4)C2)C3)o1. The van der Waals surface area contributed by atoms with E-state index in [-0.39, 0.29) is 5.41 Å². The van der Waals surface area contributed by atoms with Crippen LogP contribution in [-0.2, 0) is 5.41 Å². The normalized spacial score (nSPS) is 32.1. The van der Waals surface area contributed by atoms with Crippen molar-refractivity contribution in [3.63, 3.8) is 0 Å². The number of nitrogens with zero attached hydrogens (tertiary/aromatic N) is 2. The molecule has 0 aliphatic heterocycles. The Bertz CT molecular complexity index is 753. The predicted molar refractivity (Wildman–Crippen MR) is 102 cm³/mol. The van der Waals surface area contributed by atoms with Crippen molar-refractivity contribution in [3.05, 3.63) is 35.7 Å². The molecule has 0 N–H and O–H groups in total. The van der Waals surface area contributed by atoms with Crippen LogP contribution in [0.4, 0.5) is 0 Å². The highest BCUT2D eigenvalue weighted by Gasteiger charge is 2.54. The minimum atomic E-state index is 0.193. The van der Waals surface area contributed by atoms with E-state index >= 15 is 0 Å². The summed E-state index contributed by atoms with van der Waals surface area (Å²) in [4.78, 5) is 0. The highest BCUT2D eigenvalue weighted by Crippen LogP contribution is 2.60. The van der Waals surface area contributed by atoms with E-state index in [4.69, 9.17) is 9.15 Å². The van der Waals surface area contributed by atoms with Crippen molar-refractivity contribution in [2.24, 2.45) is 17.8 Å². The lowest BCUT2D eigenvalue weighted by molar-refractivity contribution is -0.0191. The molecule has 4 bridgehead atoms. The molecule has 0 spiro atoms. The van der Waals surface area contributed by atoms with Gasteiger partial charge in [0.25, 0.3) is 5.22 Å². The molecule has 0 amide bonds. The van der Waals surface area contributed by atoms with E-state index in [1.54, 1.807) is 11.8 Å². The Labute approximate surface area is 159 Å². The molecule has 1 aromatic carbocycles. The second-order valence-corrected chi connectivity index (χ2v) is 9.58. The second kappa shape index (κ2) is 6.59. The zero-order valence-corrected chi connectivity index (χ0v) is 16.1. The maximum atomic E-state index is 6.13. The fraction of sp³-hybridized carbons (Fsp3) is 0.619. The van der Waals surface area contributed by atoms with Gasteiger partial charge in [-0.15, -0.1) is 10.2 Å². The van der Waals surface area contributed by atoms with Crippen molar-refractivity contribution in [2.45, 2.75) is 56.1 Å². The molecule has 4 nitrogen and oxygen atoms in total. The van der Waals surface area contributed by atoms with Gasteiger partial charge in [-0.1, -0.05) is 30.0 Å². The molecule has 1 heterocycles. The fourth-order valence-corrected chi connectivity index (χ4v) is 6.43. The number of hydrogen-bond donors (Lipinski definition) is 0. The minimum Gasteiger partial charge on any atom is -0.492 e. The third-order valence-electron chi connectivity index (χ3n) is 6.56. The van der Waals surface area contributed by atoms with E-state index in [2.05, 4.69) is 23.2 Å². The van der Waals surface area contributed by atoms with Crippen LogP contribution in [0.5, 0.6) is 5.75 Å². The van der Waals surface area contributed by atoms with Crippen molar-refractivity contribution in [1.82, 2.24) is 10.2 Å². The van der Waals surface area contributed by atoms with E-state index in [1.165, 1.54) is 44.1 Å². The van der Waals surface area contributed by atoms with Crippen molar-refractivity contribution >= 4 is 11.8 Å². The Morgan fingerprint density at radius 3 is 2.46 bits per heavy atom. The summed E-state index contributed by atoms with van der Waals surface area (Å²) in [6.45, 7) is 2.71. The number of hydrogen-bond acceptors (Lipinski definition) is 5. The molecule has 26 heavy (non-hydrogen) atoms. The highest BCUT2D eigenvalue weighted by molar-refractivity contribution is 7.99. The summed E-state index contributed by atoms with van der Waals surface area (Å²) in [5, 5.41) is 9.50. The van der Waals surface area contributed by atoms with Gasteiger partial charge in [0.05, 0.1) is 6.61 Å². The third kappa shape index (κ3) is 3.04. The number of ether oxygens (including phenoxy) is 1. The molecule has 5 heteroatoms. The number of benzene rings is 1. The summed E-state index contributed by atoms with van der Waals surface area (Å²) in [7, 11) is 0. The summed E-state index contributed by atoms with van der Waals surface area (Å²) in [6.07, 6.45) is 8.10. The van der Waals surface area contributed by atoms with Gasteiger partial charge in [0.2, 0.25) is 5.89 Å². The topological polar surface area (TPSA) is 48.2 Å². The Morgan fingerprint density at radius 2 is 1.77 bits per heavy atom. The van der Waals surface area contributed by atoms with Crippen LogP contribution in [0.25, 0.3) is 0 Å². The lowest BCUT2D eigenvalue weighted by atomic mass is 9.49. The molecule has 4 aliphatic carbocycles. The molecule has 1 aromatic heterocycles. The maximum absolute atomic E-state index is 6.13. The summed E-state index contributed by atoms with van der Waals surface area (Å²) in [5.74, 6) is 5.37. The average molecular weight is 371 g/mol. The summed E-state index contributed by atoms with van der Waals surface area (Å²) >= 11 is 1.61. The van der Waals surface area contributed by atoms with Crippen molar-refractivity contribution in [3.8, 4) is 5.75 Å². The molecule has 4 saturated carbocycles. The zero-order valence-electron chi connectivity index (χ0n) is 15.3. The first-order valence-electron chi connectivity index (χ1n) is 9.85. The Hall–Kier alpha value is -1.49. The van der Waals surface area contributed by atoms with Gasteiger partial charge in [-0.05, 0) is 74.8 Å². The van der Waals surface area contributed by atoms with Crippen molar-refractivity contribution in [2.75, 3.05) is 12.4 Å². The molecule has 0 atom stereocenters. The Balaban J connectivity index is 1.19. The van der Waals surface area contributed by atoms with E-state index < -0.39 is 0 Å². The first kappa shape index (κ1) is 16.7. The van der Waals surface area contributed by atoms with Gasteiger partial charge in [0.1, 0.15) is 5.75 Å². The van der Waals surface area contributed by atoms with Crippen LogP contribution in [-0.4, -0.2) is 22.6 Å². The lowest BCUT2D eigenvalue weighted by Gasteiger charge is -2.55. The van der Waals surface area contributed by atoms with Crippen LogP contribution in [0.2, 0.25) is 0 Å². The van der Waals surface area contributed by atoms with E-state index in [0.717, 1.165) is 35.1 Å². The van der Waals surface area contributed by atoms with Crippen LogP contribution < -0.4 is 4.74 Å². The molecule has 0 radical (unpaired) electrons. The fourth-order valence-electron chi connectivity index (χ4n) is 5.85. The number of aromatic nitrogens is 2. The van der Waals surface area contributed by atoms with Crippen LogP contribution in [0.15, 0.2) is 33.9 Å². The Kier molecular flexibility index (Phi) is 4.23. The summed E-state index contributed by atoms with van der Waals surface area (Å²) < 4.78 is 12.0. The van der Waals surface area contributed by atoms with Crippen LogP contribution in [0.3, 0.4) is 0 Å². The molecular weight excluding hydrogens is 344 g/mol. The average Bonchev–Trinajstić information content (AvgIpc) is 3.09. The van der Waals surface area contributed by atoms with Gasteiger partial charge in [0, 0.05) is 11.2 Å². The van der Waals surface area contributed by atoms with Gasteiger partial charge in [-0.25, -0.2) is 0 Å². The van der Waals surface area contributed by atoms with Crippen LogP contribution in [0.1, 0.15) is 50.0 Å². The lowest BCUT2D eigenvalue weighted by Crippen LogP contribution is -2.48. The molecule has 4 aliphatic rings. The highest BCUT2D eigenvalue weighted by atomic mass is 32.2. The summed E-state index contributed by atoms with van der Waals surface area (Å²) in [6, 6.07) is 8.11. The first-order valence-corrected chi connectivity index (χ1v) is 10.8.